The highest BCUT2D eigenvalue weighted by molar-refractivity contribution is 5.84. The quantitative estimate of drug-likeness (QED) is 0.654. The number of methoxy groups -OCH3 is 1. The molecule has 2 unspecified atom stereocenters. The molecular weight excluding hydrogens is 208 g/mol. The summed E-state index contributed by atoms with van der Waals surface area (Å²) >= 11 is 0. The molecule has 0 aromatic carbocycles. The van der Waals surface area contributed by atoms with Crippen LogP contribution >= 0.6 is 0 Å². The lowest BCUT2D eigenvalue weighted by molar-refractivity contribution is -0.135. The van der Waals surface area contributed by atoms with Crippen LogP contribution in [0, 0.1) is 0 Å². The van der Waals surface area contributed by atoms with Crippen molar-refractivity contribution in [3.63, 3.8) is 0 Å². The molecule has 3 N–H and O–H groups in total. The first-order chi connectivity index (χ1) is 7.50. The van der Waals surface area contributed by atoms with Crippen LogP contribution in [-0.4, -0.2) is 43.9 Å². The maximum Gasteiger partial charge on any atom is 0.237 e. The summed E-state index contributed by atoms with van der Waals surface area (Å²) in [5, 5.41) is 3.22. The van der Waals surface area contributed by atoms with Gasteiger partial charge in [0.25, 0.3) is 0 Å². The van der Waals surface area contributed by atoms with Crippen molar-refractivity contribution in [3.05, 3.63) is 0 Å². The molecule has 0 aromatic rings. The number of amides is 1. The molecule has 16 heavy (non-hydrogen) atoms. The van der Waals surface area contributed by atoms with E-state index in [1.54, 1.807) is 7.11 Å². The molecule has 0 aliphatic carbocycles. The van der Waals surface area contributed by atoms with E-state index in [4.69, 9.17) is 15.2 Å². The van der Waals surface area contributed by atoms with Crippen LogP contribution in [0.5, 0.6) is 0 Å². The van der Waals surface area contributed by atoms with E-state index in [0.29, 0.717) is 26.0 Å². The van der Waals surface area contributed by atoms with E-state index in [1.807, 2.05) is 13.8 Å². The van der Waals surface area contributed by atoms with E-state index < -0.39 is 5.54 Å². The summed E-state index contributed by atoms with van der Waals surface area (Å²) in [7, 11) is 1.63. The van der Waals surface area contributed by atoms with E-state index in [1.165, 1.54) is 0 Å². The molecule has 1 aliphatic rings. The first-order valence-electron chi connectivity index (χ1n) is 5.69. The summed E-state index contributed by atoms with van der Waals surface area (Å²) in [5.41, 5.74) is 4.87. The van der Waals surface area contributed by atoms with Crippen molar-refractivity contribution in [2.24, 2.45) is 5.73 Å². The predicted molar refractivity (Wildman–Crippen MR) is 61.0 cm³/mol. The van der Waals surface area contributed by atoms with Crippen molar-refractivity contribution < 1.29 is 14.3 Å². The number of primary amides is 1. The lowest BCUT2D eigenvalue weighted by atomic mass is 9.83. The molecule has 0 aromatic heterocycles. The summed E-state index contributed by atoms with van der Waals surface area (Å²) in [4.78, 5) is 11.6. The molecule has 0 bridgehead atoms. The minimum atomic E-state index is -0.643. The van der Waals surface area contributed by atoms with Gasteiger partial charge in [0.2, 0.25) is 5.91 Å². The normalized spacial score (nSPS) is 34.9. The molecule has 2 atom stereocenters. The largest absolute Gasteiger partial charge is 0.383 e. The third-order valence-corrected chi connectivity index (χ3v) is 2.98. The van der Waals surface area contributed by atoms with Gasteiger partial charge in [-0.3, -0.25) is 4.79 Å². The number of ether oxygens (including phenoxy) is 2. The molecule has 1 aliphatic heterocycles. The minimum absolute atomic E-state index is 0.0475. The Kier molecular flexibility index (Phi) is 4.70. The molecule has 1 saturated heterocycles. The number of hydrogen-bond donors (Lipinski definition) is 2. The van der Waals surface area contributed by atoms with Crippen LogP contribution in [-0.2, 0) is 14.3 Å². The number of nitrogens with one attached hydrogen (secondary N) is 1. The van der Waals surface area contributed by atoms with Gasteiger partial charge in [-0.05, 0) is 13.8 Å². The van der Waals surface area contributed by atoms with Gasteiger partial charge < -0.3 is 20.5 Å². The SMILES string of the molecule is COCCNC1(C(N)=O)CC(C)OC(C)C1. The molecule has 1 fully saturated rings. The van der Waals surface area contributed by atoms with Crippen molar-refractivity contribution in [3.8, 4) is 0 Å². The third kappa shape index (κ3) is 3.17. The van der Waals surface area contributed by atoms with Crippen molar-refractivity contribution in [2.75, 3.05) is 20.3 Å². The molecule has 0 spiro atoms. The van der Waals surface area contributed by atoms with Crippen LogP contribution in [0.4, 0.5) is 0 Å². The first-order valence-corrected chi connectivity index (χ1v) is 5.69. The lowest BCUT2D eigenvalue weighted by Gasteiger charge is -2.41. The van der Waals surface area contributed by atoms with Crippen LogP contribution in [0.25, 0.3) is 0 Å². The Bertz CT molecular complexity index is 235. The van der Waals surface area contributed by atoms with E-state index in [-0.39, 0.29) is 18.1 Å². The molecule has 0 radical (unpaired) electrons. The molecule has 0 saturated carbocycles. The standard InChI is InChI=1S/C11H22N2O3/c1-8-6-11(10(12)14,7-9(2)16-8)13-4-5-15-3/h8-9,13H,4-7H2,1-3H3,(H2,12,14). The maximum atomic E-state index is 11.6. The van der Waals surface area contributed by atoms with E-state index in [9.17, 15) is 4.79 Å². The van der Waals surface area contributed by atoms with E-state index in [2.05, 4.69) is 5.32 Å². The molecule has 5 nitrogen and oxygen atoms in total. The fourth-order valence-electron chi connectivity index (χ4n) is 2.38. The summed E-state index contributed by atoms with van der Waals surface area (Å²) in [6.45, 7) is 5.12. The second-order valence-electron chi connectivity index (χ2n) is 4.53. The monoisotopic (exact) mass is 230 g/mol. The smallest absolute Gasteiger partial charge is 0.237 e. The van der Waals surface area contributed by atoms with Crippen molar-refractivity contribution in [1.29, 1.82) is 0 Å². The van der Waals surface area contributed by atoms with Crippen LogP contribution in [0.3, 0.4) is 0 Å². The van der Waals surface area contributed by atoms with Crippen molar-refractivity contribution in [1.82, 2.24) is 5.32 Å². The Labute approximate surface area is 96.7 Å². The highest BCUT2D eigenvalue weighted by Gasteiger charge is 2.42. The fraction of sp³-hybridized carbons (Fsp3) is 0.909. The minimum Gasteiger partial charge on any atom is -0.383 e. The Morgan fingerprint density at radius 1 is 1.50 bits per heavy atom. The van der Waals surface area contributed by atoms with Crippen molar-refractivity contribution >= 4 is 5.91 Å². The zero-order chi connectivity index (χ0) is 12.2. The van der Waals surface area contributed by atoms with Gasteiger partial charge in [-0.1, -0.05) is 0 Å². The average molecular weight is 230 g/mol. The Morgan fingerprint density at radius 3 is 2.50 bits per heavy atom. The van der Waals surface area contributed by atoms with Gasteiger partial charge in [-0.25, -0.2) is 0 Å². The molecule has 1 rings (SSSR count). The summed E-state index contributed by atoms with van der Waals surface area (Å²) < 4.78 is 10.6. The Hall–Kier alpha value is -0.650. The maximum absolute atomic E-state index is 11.6. The van der Waals surface area contributed by atoms with E-state index in [0.717, 1.165) is 0 Å². The van der Waals surface area contributed by atoms with Gasteiger partial charge in [0.15, 0.2) is 0 Å². The first kappa shape index (κ1) is 13.4. The van der Waals surface area contributed by atoms with E-state index >= 15 is 0 Å². The third-order valence-electron chi connectivity index (χ3n) is 2.98. The van der Waals surface area contributed by atoms with Crippen LogP contribution < -0.4 is 11.1 Å². The molecule has 5 heteroatoms. The number of rotatable bonds is 5. The second-order valence-corrected chi connectivity index (χ2v) is 4.53. The Morgan fingerprint density at radius 2 is 2.06 bits per heavy atom. The van der Waals surface area contributed by atoms with Gasteiger partial charge in [0.1, 0.15) is 5.54 Å². The topological polar surface area (TPSA) is 73.6 Å². The summed E-state index contributed by atoms with van der Waals surface area (Å²) in [6, 6.07) is 0. The molecule has 1 heterocycles. The average Bonchev–Trinajstić information content (AvgIpc) is 2.16. The fourth-order valence-corrected chi connectivity index (χ4v) is 2.38. The van der Waals surface area contributed by atoms with Gasteiger partial charge in [0.05, 0.1) is 18.8 Å². The lowest BCUT2D eigenvalue weighted by Crippen LogP contribution is -2.61. The van der Waals surface area contributed by atoms with Gasteiger partial charge in [-0.15, -0.1) is 0 Å². The Balaban J connectivity index is 2.67. The molecular formula is C11H22N2O3. The zero-order valence-corrected chi connectivity index (χ0v) is 10.3. The highest BCUT2D eigenvalue weighted by Crippen LogP contribution is 2.28. The second kappa shape index (κ2) is 5.61. The van der Waals surface area contributed by atoms with Crippen LogP contribution in [0.15, 0.2) is 0 Å². The zero-order valence-electron chi connectivity index (χ0n) is 10.3. The summed E-state index contributed by atoms with van der Waals surface area (Å²) in [6.07, 6.45) is 1.34. The van der Waals surface area contributed by atoms with Crippen molar-refractivity contribution in [2.45, 2.75) is 44.4 Å². The van der Waals surface area contributed by atoms with Gasteiger partial charge in [0, 0.05) is 26.5 Å². The van der Waals surface area contributed by atoms with Crippen LogP contribution in [0.1, 0.15) is 26.7 Å². The molecule has 94 valence electrons. The number of carbonyl (C=O) groups is 1. The van der Waals surface area contributed by atoms with Crippen LogP contribution in [0.2, 0.25) is 0 Å². The van der Waals surface area contributed by atoms with Gasteiger partial charge in [-0.2, -0.15) is 0 Å². The number of carbonyl (C=O) groups excluding carboxylic acids is 1. The predicted octanol–water partition coefficient (Wildman–Crippen LogP) is 0.0339. The molecule has 1 amide bonds. The van der Waals surface area contributed by atoms with Gasteiger partial charge >= 0.3 is 0 Å². The highest BCUT2D eigenvalue weighted by atomic mass is 16.5. The summed E-state index contributed by atoms with van der Waals surface area (Å²) in [5.74, 6) is -0.300. The number of hydrogen-bond acceptors (Lipinski definition) is 4. The number of nitrogens with two attached hydrogens (primary N) is 1.